The van der Waals surface area contributed by atoms with Gasteiger partial charge < -0.3 is 19.8 Å². The molecule has 0 aromatic rings. The molecule has 0 spiro atoms. The minimum atomic E-state index is -4.31. The Bertz CT molecular complexity index is 1110. The lowest BCUT2D eigenvalue weighted by Crippen LogP contribution is -2.46. The highest BCUT2D eigenvalue weighted by Gasteiger charge is 2.28. The van der Waals surface area contributed by atoms with Crippen molar-refractivity contribution in [2.45, 2.75) is 289 Å². The van der Waals surface area contributed by atoms with E-state index in [1.54, 1.807) is 0 Å². The van der Waals surface area contributed by atoms with Gasteiger partial charge in [-0.2, -0.15) is 0 Å². The molecule has 3 atom stereocenters. The number of rotatable bonds is 52. The molecule has 0 aliphatic rings. The number of hydrogen-bond acceptors (Lipinski definition) is 5. The second-order valence-corrected chi connectivity index (χ2v) is 22.1. The van der Waals surface area contributed by atoms with Gasteiger partial charge in [0.15, 0.2) is 0 Å². The van der Waals surface area contributed by atoms with Gasteiger partial charge in [-0.3, -0.25) is 13.8 Å². The summed E-state index contributed by atoms with van der Waals surface area (Å²) in [4.78, 5) is 23.2. The molecule has 3 unspecified atom stereocenters. The molecule has 3 N–H and O–H groups in total. The van der Waals surface area contributed by atoms with Crippen LogP contribution in [0.2, 0.25) is 0 Å². The molecule has 0 aliphatic heterocycles. The Kier molecular flexibility index (Phi) is 47.3. The monoisotopic (exact) mass is 940 g/mol. The van der Waals surface area contributed by atoms with Gasteiger partial charge >= 0.3 is 7.82 Å². The fourth-order valence-electron chi connectivity index (χ4n) is 8.49. The van der Waals surface area contributed by atoms with Gasteiger partial charge in [0.2, 0.25) is 5.91 Å². The summed E-state index contributed by atoms with van der Waals surface area (Å²) in [6.07, 6.45) is 59.7. The number of phosphoric ester groups is 1. The van der Waals surface area contributed by atoms with E-state index in [2.05, 4.69) is 43.5 Å². The number of amides is 1. The van der Waals surface area contributed by atoms with E-state index >= 15 is 0 Å². The number of aliphatic hydroxyl groups is 1. The minimum absolute atomic E-state index is 0.0763. The SMILES string of the molecule is CCCCCCCCCCC/C=C\C/C=C\CCCCCCCCCCCCCCCCCCCC(=O)NC(COP(=O)(O)OCC[N+](C)(C)C)C(O)CCCCCCCCCCCC. The van der Waals surface area contributed by atoms with Crippen molar-refractivity contribution in [1.29, 1.82) is 0 Å². The molecule has 8 nitrogen and oxygen atoms in total. The van der Waals surface area contributed by atoms with Gasteiger partial charge in [0.25, 0.3) is 0 Å². The molecule has 9 heteroatoms. The number of allylic oxidation sites excluding steroid dienone is 4. The van der Waals surface area contributed by atoms with Gasteiger partial charge in [-0.1, -0.05) is 250 Å². The van der Waals surface area contributed by atoms with Crippen molar-refractivity contribution in [2.75, 3.05) is 40.9 Å². The lowest BCUT2D eigenvalue weighted by Gasteiger charge is -2.26. The van der Waals surface area contributed by atoms with E-state index in [4.69, 9.17) is 9.05 Å². The number of hydrogen-bond donors (Lipinski definition) is 3. The van der Waals surface area contributed by atoms with Crippen molar-refractivity contribution >= 4 is 13.7 Å². The molecule has 65 heavy (non-hydrogen) atoms. The summed E-state index contributed by atoms with van der Waals surface area (Å²) in [6.45, 7) is 4.89. The van der Waals surface area contributed by atoms with Crippen molar-refractivity contribution in [3.05, 3.63) is 24.3 Å². The van der Waals surface area contributed by atoms with E-state index in [9.17, 15) is 19.4 Å². The van der Waals surface area contributed by atoms with Crippen LogP contribution >= 0.6 is 7.82 Å². The average Bonchev–Trinajstić information content (AvgIpc) is 3.26. The molecular formula is C56H112N2O6P+. The topological polar surface area (TPSA) is 105 Å². The molecular weight excluding hydrogens is 828 g/mol. The zero-order valence-corrected chi connectivity index (χ0v) is 44.9. The molecule has 0 radical (unpaired) electrons. The van der Waals surface area contributed by atoms with Crippen LogP contribution in [0.1, 0.15) is 277 Å². The predicted molar refractivity (Wildman–Crippen MR) is 281 cm³/mol. The Labute approximate surface area is 404 Å². The molecule has 0 aromatic heterocycles. The first kappa shape index (κ1) is 64.0. The quantitative estimate of drug-likeness (QED) is 0.0243. The summed E-state index contributed by atoms with van der Waals surface area (Å²) < 4.78 is 23.7. The van der Waals surface area contributed by atoms with E-state index < -0.39 is 20.0 Å². The molecule has 386 valence electrons. The van der Waals surface area contributed by atoms with Crippen molar-refractivity contribution in [3.63, 3.8) is 0 Å². The van der Waals surface area contributed by atoms with E-state index in [-0.39, 0.29) is 19.1 Å². The van der Waals surface area contributed by atoms with Gasteiger partial charge in [0.1, 0.15) is 13.2 Å². The smallest absolute Gasteiger partial charge is 0.391 e. The molecule has 0 saturated carbocycles. The van der Waals surface area contributed by atoms with Gasteiger partial charge in [-0.05, 0) is 44.9 Å². The lowest BCUT2D eigenvalue weighted by atomic mass is 10.0. The normalized spacial score (nSPS) is 14.1. The van der Waals surface area contributed by atoms with Crippen LogP contribution in [-0.2, 0) is 18.4 Å². The first-order valence-corrected chi connectivity index (χ1v) is 29.7. The van der Waals surface area contributed by atoms with Crippen LogP contribution in [0.3, 0.4) is 0 Å². The second-order valence-electron chi connectivity index (χ2n) is 20.7. The van der Waals surface area contributed by atoms with Crippen molar-refractivity contribution in [3.8, 4) is 0 Å². The fraction of sp³-hybridized carbons (Fsp3) is 0.911. The van der Waals surface area contributed by atoms with E-state index in [1.165, 1.54) is 205 Å². The third-order valence-electron chi connectivity index (χ3n) is 13.0. The van der Waals surface area contributed by atoms with E-state index in [1.807, 2.05) is 21.1 Å². The number of aliphatic hydroxyl groups excluding tert-OH is 1. The van der Waals surface area contributed by atoms with Crippen LogP contribution in [0.5, 0.6) is 0 Å². The summed E-state index contributed by atoms with van der Waals surface area (Å²) in [5.41, 5.74) is 0. The summed E-state index contributed by atoms with van der Waals surface area (Å²) in [5.74, 6) is -0.143. The molecule has 0 bridgehead atoms. The number of unbranched alkanes of at least 4 members (excludes halogenated alkanes) is 35. The average molecular weight is 940 g/mol. The maximum absolute atomic E-state index is 12.9. The van der Waals surface area contributed by atoms with Gasteiger partial charge in [-0.25, -0.2) is 4.57 Å². The Morgan fingerprint density at radius 2 is 0.877 bits per heavy atom. The third-order valence-corrected chi connectivity index (χ3v) is 13.9. The molecule has 0 fully saturated rings. The zero-order valence-electron chi connectivity index (χ0n) is 44.0. The summed E-state index contributed by atoms with van der Waals surface area (Å²) >= 11 is 0. The van der Waals surface area contributed by atoms with Crippen molar-refractivity contribution in [2.24, 2.45) is 0 Å². The second kappa shape index (κ2) is 48.0. The predicted octanol–water partition coefficient (Wildman–Crippen LogP) is 16.8. The van der Waals surface area contributed by atoms with Crippen LogP contribution in [0, 0.1) is 0 Å². The highest BCUT2D eigenvalue weighted by atomic mass is 31.2. The van der Waals surface area contributed by atoms with Crippen LogP contribution in [0.15, 0.2) is 24.3 Å². The molecule has 0 rings (SSSR count). The van der Waals surface area contributed by atoms with Crippen molar-refractivity contribution < 1.29 is 32.9 Å². The van der Waals surface area contributed by atoms with E-state index in [0.717, 1.165) is 44.9 Å². The maximum Gasteiger partial charge on any atom is 0.472 e. The largest absolute Gasteiger partial charge is 0.472 e. The Hall–Kier alpha value is -1.02. The number of phosphoric acid groups is 1. The number of likely N-dealkylation sites (N-methyl/N-ethyl adjacent to an activating group) is 1. The van der Waals surface area contributed by atoms with Crippen LogP contribution in [0.25, 0.3) is 0 Å². The van der Waals surface area contributed by atoms with E-state index in [0.29, 0.717) is 23.9 Å². The Morgan fingerprint density at radius 3 is 1.26 bits per heavy atom. The highest BCUT2D eigenvalue weighted by Crippen LogP contribution is 2.43. The molecule has 0 aliphatic carbocycles. The highest BCUT2D eigenvalue weighted by molar-refractivity contribution is 7.47. The number of nitrogens with zero attached hydrogens (tertiary/aromatic N) is 1. The van der Waals surface area contributed by atoms with Gasteiger partial charge in [-0.15, -0.1) is 0 Å². The molecule has 0 heterocycles. The first-order valence-electron chi connectivity index (χ1n) is 28.2. The Morgan fingerprint density at radius 1 is 0.523 bits per heavy atom. The fourth-order valence-corrected chi connectivity index (χ4v) is 9.23. The number of carbonyl (C=O) groups is 1. The maximum atomic E-state index is 12.9. The van der Waals surface area contributed by atoms with Crippen LogP contribution < -0.4 is 5.32 Å². The van der Waals surface area contributed by atoms with Gasteiger partial charge in [0, 0.05) is 6.42 Å². The summed E-state index contributed by atoms with van der Waals surface area (Å²) in [5, 5.41) is 14.0. The lowest BCUT2D eigenvalue weighted by molar-refractivity contribution is -0.870. The van der Waals surface area contributed by atoms with Crippen molar-refractivity contribution in [1.82, 2.24) is 5.32 Å². The summed E-state index contributed by atoms with van der Waals surface area (Å²) in [6, 6.07) is -0.756. The zero-order chi connectivity index (χ0) is 47.8. The molecule has 0 aromatic carbocycles. The van der Waals surface area contributed by atoms with Gasteiger partial charge in [0.05, 0.1) is 39.9 Å². The standard InChI is InChI=1S/C56H111N2O6P/c1-6-8-10-12-14-16-18-19-20-21-22-23-24-25-26-27-28-29-30-31-32-33-34-35-36-37-38-39-40-42-44-46-48-50-56(60)57-54(53-64-65(61,62)63-52-51-58(3,4)5)55(59)49-47-45-43-41-17-15-13-11-9-7-2/h22-23,25-26,54-55,59H,6-21,24,27-53H2,1-5H3,(H-,57,60,61,62)/p+1/b23-22-,26-25-. The minimum Gasteiger partial charge on any atom is -0.391 e. The molecule has 1 amide bonds. The number of nitrogens with one attached hydrogen (secondary N) is 1. The van der Waals surface area contributed by atoms with Crippen LogP contribution in [0.4, 0.5) is 0 Å². The number of carbonyl (C=O) groups excluding carboxylic acids is 1. The molecule has 0 saturated heterocycles. The third kappa shape index (κ3) is 50.7. The number of quaternary nitrogens is 1. The first-order chi connectivity index (χ1) is 31.5. The Balaban J connectivity index is 3.92. The van der Waals surface area contributed by atoms with Crippen LogP contribution in [-0.4, -0.2) is 73.4 Å². The summed E-state index contributed by atoms with van der Waals surface area (Å²) in [7, 11) is 1.62.